The average molecular weight is 281 g/mol. The van der Waals surface area contributed by atoms with E-state index >= 15 is 0 Å². The molecule has 0 amide bonds. The van der Waals surface area contributed by atoms with Crippen LogP contribution in [0.1, 0.15) is 31.9 Å². The van der Waals surface area contributed by atoms with Crippen molar-refractivity contribution in [3.05, 3.63) is 17.7 Å². The molecule has 1 aromatic rings. The summed E-state index contributed by atoms with van der Waals surface area (Å²) in [7, 11) is -0.963. The van der Waals surface area contributed by atoms with E-state index in [0.29, 0.717) is 13.2 Å². The average Bonchev–Trinajstić information content (AvgIpc) is 2.69. The summed E-state index contributed by atoms with van der Waals surface area (Å²) in [5.41, 5.74) is 1.11. The molecule has 0 fully saturated rings. The molecule has 0 radical (unpaired) electrons. The lowest BCUT2D eigenvalue weighted by Gasteiger charge is -2.21. The predicted octanol–water partition coefficient (Wildman–Crippen LogP) is 2.01. The molecule has 5 heteroatoms. The van der Waals surface area contributed by atoms with E-state index in [4.69, 9.17) is 9.47 Å². The summed E-state index contributed by atoms with van der Waals surface area (Å²) in [6.45, 7) is 6.17. The fourth-order valence-electron chi connectivity index (χ4n) is 2.84. The molecule has 3 atom stereocenters. The van der Waals surface area contributed by atoms with Crippen molar-refractivity contribution in [2.75, 3.05) is 19.8 Å². The van der Waals surface area contributed by atoms with Gasteiger partial charge in [0.1, 0.15) is 13.2 Å². The summed E-state index contributed by atoms with van der Waals surface area (Å²) in [5, 5.41) is 3.59. The third-order valence-corrected chi connectivity index (χ3v) is 5.64. The van der Waals surface area contributed by atoms with Gasteiger partial charge in [0.2, 0.25) is 0 Å². The normalized spacial score (nSPS) is 28.2. The van der Waals surface area contributed by atoms with Crippen molar-refractivity contribution < 1.29 is 13.7 Å². The van der Waals surface area contributed by atoms with Crippen LogP contribution >= 0.6 is 0 Å². The van der Waals surface area contributed by atoms with E-state index in [1.807, 2.05) is 12.1 Å². The minimum absolute atomic E-state index is 0.138. The van der Waals surface area contributed by atoms with Crippen LogP contribution < -0.4 is 14.8 Å². The van der Waals surface area contributed by atoms with Crippen molar-refractivity contribution in [1.29, 1.82) is 0 Å². The van der Waals surface area contributed by atoms with Crippen molar-refractivity contribution in [3.8, 4) is 11.5 Å². The molecule has 3 unspecified atom stereocenters. The van der Waals surface area contributed by atoms with E-state index in [-0.39, 0.29) is 11.3 Å². The smallest absolute Gasteiger partial charge is 0.162 e. The molecule has 0 spiro atoms. The van der Waals surface area contributed by atoms with Gasteiger partial charge in [0, 0.05) is 17.0 Å². The highest BCUT2D eigenvalue weighted by atomic mass is 32.2. The van der Waals surface area contributed by atoms with Crippen LogP contribution in [0.4, 0.5) is 0 Å². The molecule has 2 aliphatic heterocycles. The van der Waals surface area contributed by atoms with Gasteiger partial charge in [0.25, 0.3) is 0 Å². The number of hydrogen-bond donors (Lipinski definition) is 1. The second kappa shape index (κ2) is 5.13. The Bertz CT molecular complexity index is 518. The number of nitrogens with one attached hydrogen (secondary N) is 1. The highest BCUT2D eigenvalue weighted by molar-refractivity contribution is 7.86. The second-order valence-corrected chi connectivity index (χ2v) is 6.45. The van der Waals surface area contributed by atoms with Gasteiger partial charge in [0.05, 0.1) is 16.0 Å². The summed E-state index contributed by atoms with van der Waals surface area (Å²) in [6.07, 6.45) is 0.894. The zero-order chi connectivity index (χ0) is 13.4. The van der Waals surface area contributed by atoms with Crippen LogP contribution in [-0.2, 0) is 10.8 Å². The SMILES string of the molecule is CCNC1c2cc3c(cc2S(=O)C1CC)OCCO3. The van der Waals surface area contributed by atoms with Crippen molar-refractivity contribution in [1.82, 2.24) is 5.32 Å². The minimum Gasteiger partial charge on any atom is -0.486 e. The highest BCUT2D eigenvalue weighted by Crippen LogP contribution is 2.44. The Morgan fingerprint density at radius 3 is 2.58 bits per heavy atom. The molecule has 2 heterocycles. The van der Waals surface area contributed by atoms with E-state index in [9.17, 15) is 4.21 Å². The van der Waals surface area contributed by atoms with E-state index in [1.165, 1.54) is 0 Å². The van der Waals surface area contributed by atoms with E-state index in [2.05, 4.69) is 19.2 Å². The number of rotatable bonds is 3. The van der Waals surface area contributed by atoms with E-state index < -0.39 is 10.8 Å². The maximum Gasteiger partial charge on any atom is 0.162 e. The summed E-state index contributed by atoms with van der Waals surface area (Å²) < 4.78 is 23.8. The van der Waals surface area contributed by atoms with E-state index in [0.717, 1.165) is 34.9 Å². The van der Waals surface area contributed by atoms with Crippen LogP contribution in [0.25, 0.3) is 0 Å². The molecule has 4 nitrogen and oxygen atoms in total. The Hall–Kier alpha value is -1.07. The summed E-state index contributed by atoms with van der Waals surface area (Å²) in [6, 6.07) is 4.06. The van der Waals surface area contributed by atoms with Crippen LogP contribution in [0, 0.1) is 0 Å². The monoisotopic (exact) mass is 281 g/mol. The number of benzene rings is 1. The molecule has 0 saturated carbocycles. The Morgan fingerprint density at radius 1 is 1.26 bits per heavy atom. The number of hydrogen-bond acceptors (Lipinski definition) is 4. The first-order valence-corrected chi connectivity index (χ1v) is 8.05. The van der Waals surface area contributed by atoms with Gasteiger partial charge in [0.15, 0.2) is 11.5 Å². The van der Waals surface area contributed by atoms with E-state index in [1.54, 1.807) is 0 Å². The number of ether oxygens (including phenoxy) is 2. The molecule has 104 valence electrons. The van der Waals surface area contributed by atoms with Gasteiger partial charge in [-0.3, -0.25) is 4.21 Å². The maximum absolute atomic E-state index is 12.6. The van der Waals surface area contributed by atoms with Gasteiger partial charge in [-0.15, -0.1) is 0 Å². The Balaban J connectivity index is 2.07. The van der Waals surface area contributed by atoms with Gasteiger partial charge in [-0.2, -0.15) is 0 Å². The minimum atomic E-state index is -0.963. The molecule has 1 aromatic carbocycles. The lowest BCUT2D eigenvalue weighted by atomic mass is 10.0. The number of fused-ring (bicyclic) bond motifs is 2. The summed E-state index contributed by atoms with van der Waals surface area (Å²) in [4.78, 5) is 0.905. The Morgan fingerprint density at radius 2 is 1.95 bits per heavy atom. The molecule has 0 saturated heterocycles. The first kappa shape index (κ1) is 12.9. The standard InChI is InChI=1S/C14H19NO3S/c1-3-12-14(15-4-2)9-7-10-11(18-6-5-17-10)8-13(9)19(12)16/h7-8,12,14-15H,3-6H2,1-2H3. The van der Waals surface area contributed by atoms with Gasteiger partial charge in [-0.05, 0) is 24.6 Å². The topological polar surface area (TPSA) is 47.6 Å². The fourth-order valence-corrected chi connectivity index (χ4v) is 4.60. The third kappa shape index (κ3) is 2.05. The quantitative estimate of drug-likeness (QED) is 0.920. The van der Waals surface area contributed by atoms with Gasteiger partial charge >= 0.3 is 0 Å². The summed E-state index contributed by atoms with van der Waals surface area (Å²) in [5.74, 6) is 1.51. The van der Waals surface area contributed by atoms with Crippen LogP contribution in [0.3, 0.4) is 0 Å². The largest absolute Gasteiger partial charge is 0.486 e. The predicted molar refractivity (Wildman–Crippen MR) is 74.3 cm³/mol. The van der Waals surface area contributed by atoms with Crippen molar-refractivity contribution in [2.45, 2.75) is 36.5 Å². The maximum atomic E-state index is 12.6. The molecule has 1 N–H and O–H groups in total. The zero-order valence-corrected chi connectivity index (χ0v) is 12.1. The summed E-state index contributed by atoms with van der Waals surface area (Å²) >= 11 is 0. The lowest BCUT2D eigenvalue weighted by Crippen LogP contribution is -2.29. The van der Waals surface area contributed by atoms with Gasteiger partial charge in [-0.1, -0.05) is 13.8 Å². The van der Waals surface area contributed by atoms with Crippen molar-refractivity contribution >= 4 is 10.8 Å². The molecule has 19 heavy (non-hydrogen) atoms. The molecule has 0 aliphatic carbocycles. The molecular weight excluding hydrogens is 262 g/mol. The Kier molecular flexibility index (Phi) is 3.50. The molecule has 2 aliphatic rings. The second-order valence-electron chi connectivity index (χ2n) is 4.81. The van der Waals surface area contributed by atoms with Crippen LogP contribution in [-0.4, -0.2) is 29.2 Å². The fraction of sp³-hybridized carbons (Fsp3) is 0.571. The molecule has 0 aromatic heterocycles. The lowest BCUT2D eigenvalue weighted by molar-refractivity contribution is 0.170. The third-order valence-electron chi connectivity index (χ3n) is 3.70. The van der Waals surface area contributed by atoms with Crippen LogP contribution in [0.15, 0.2) is 17.0 Å². The first-order valence-electron chi connectivity index (χ1n) is 6.83. The zero-order valence-electron chi connectivity index (χ0n) is 11.3. The molecular formula is C14H19NO3S. The van der Waals surface area contributed by atoms with Crippen molar-refractivity contribution in [2.24, 2.45) is 0 Å². The highest BCUT2D eigenvalue weighted by Gasteiger charge is 2.38. The van der Waals surface area contributed by atoms with Gasteiger partial charge < -0.3 is 14.8 Å². The van der Waals surface area contributed by atoms with Crippen LogP contribution in [0.5, 0.6) is 11.5 Å². The first-order chi connectivity index (χ1) is 9.26. The van der Waals surface area contributed by atoms with Crippen molar-refractivity contribution in [3.63, 3.8) is 0 Å². The van der Waals surface area contributed by atoms with Gasteiger partial charge in [-0.25, -0.2) is 0 Å². The molecule has 3 rings (SSSR count). The van der Waals surface area contributed by atoms with Crippen LogP contribution in [0.2, 0.25) is 0 Å². The molecule has 0 bridgehead atoms. The Labute approximate surface area is 115 Å².